The Morgan fingerprint density at radius 2 is 2.03 bits per heavy atom. The van der Waals surface area contributed by atoms with Crippen molar-refractivity contribution in [3.63, 3.8) is 0 Å². The first kappa shape index (κ1) is 23.1. The number of rotatable bonds is 10. The largest absolute Gasteiger partial charge is 0.489 e. The van der Waals surface area contributed by atoms with Gasteiger partial charge in [0.1, 0.15) is 12.4 Å². The molecule has 0 spiro atoms. The van der Waals surface area contributed by atoms with Crippen molar-refractivity contribution < 1.29 is 4.74 Å². The van der Waals surface area contributed by atoms with E-state index in [0.29, 0.717) is 6.61 Å². The van der Waals surface area contributed by atoms with Gasteiger partial charge < -0.3 is 14.6 Å². The molecule has 0 unspecified atom stereocenters. The Labute approximate surface area is 190 Å². The summed E-state index contributed by atoms with van der Waals surface area (Å²) in [6.07, 6.45) is 16.4. The molecule has 5 heteroatoms. The number of hydrogen-bond acceptors (Lipinski definition) is 3. The van der Waals surface area contributed by atoms with E-state index in [2.05, 4.69) is 63.4 Å². The minimum absolute atomic E-state index is 0.562. The Kier molecular flexibility index (Phi) is 8.46. The lowest BCUT2D eigenvalue weighted by atomic mass is 10.1. The molecule has 0 bridgehead atoms. The molecule has 0 saturated carbocycles. The third-order valence-electron chi connectivity index (χ3n) is 5.06. The van der Waals surface area contributed by atoms with Gasteiger partial charge in [0.05, 0.1) is 11.4 Å². The van der Waals surface area contributed by atoms with Crippen molar-refractivity contribution in [1.29, 1.82) is 0 Å². The topological polar surface area (TPSA) is 54.9 Å². The average Bonchev–Trinajstić information content (AvgIpc) is 3.42. The van der Waals surface area contributed by atoms with E-state index >= 15 is 0 Å². The number of aryl methyl sites for hydroxylation is 2. The van der Waals surface area contributed by atoms with Gasteiger partial charge in [0, 0.05) is 25.5 Å². The number of H-pyrrole nitrogens is 1. The number of hydrogen-bond donors (Lipinski definition) is 2. The van der Waals surface area contributed by atoms with Crippen LogP contribution in [0.25, 0.3) is 24.3 Å². The molecule has 0 aliphatic heterocycles. The zero-order chi connectivity index (χ0) is 22.8. The molecule has 0 aliphatic carbocycles. The minimum atomic E-state index is 0.562. The van der Waals surface area contributed by atoms with Gasteiger partial charge in [-0.25, -0.2) is 0 Å². The summed E-state index contributed by atoms with van der Waals surface area (Å²) >= 11 is 0. The van der Waals surface area contributed by atoms with Crippen LogP contribution in [0.2, 0.25) is 0 Å². The maximum absolute atomic E-state index is 5.99. The molecule has 2 N–H and O–H groups in total. The van der Waals surface area contributed by atoms with Gasteiger partial charge in [0.25, 0.3) is 0 Å². The summed E-state index contributed by atoms with van der Waals surface area (Å²) in [6, 6.07) is 12.3. The van der Waals surface area contributed by atoms with E-state index in [0.717, 1.165) is 40.5 Å². The Balaban J connectivity index is 1.61. The second-order valence-electron chi connectivity index (χ2n) is 7.65. The summed E-state index contributed by atoms with van der Waals surface area (Å²) in [7, 11) is 3.97. The molecule has 5 nitrogen and oxygen atoms in total. The molecule has 166 valence electrons. The number of allylic oxidation sites excluding steroid dienone is 3. The number of nitrogens with zero attached hydrogens (tertiary/aromatic N) is 2. The van der Waals surface area contributed by atoms with Crippen molar-refractivity contribution in [2.75, 3.05) is 20.2 Å². The second-order valence-corrected chi connectivity index (χ2v) is 7.65. The van der Waals surface area contributed by atoms with E-state index in [9.17, 15) is 0 Å². The molecule has 0 amide bonds. The lowest BCUT2D eigenvalue weighted by molar-refractivity contribution is 0.348. The fourth-order valence-electron chi connectivity index (χ4n) is 3.24. The fraction of sp³-hybridized carbons (Fsp3) is 0.222. The Hall–Kier alpha value is -3.57. The average molecular weight is 429 g/mol. The molecule has 3 aromatic rings. The highest BCUT2D eigenvalue weighted by Gasteiger charge is 2.02. The molecule has 3 rings (SSSR count). The van der Waals surface area contributed by atoms with Crippen LogP contribution in [-0.2, 0) is 7.05 Å². The van der Waals surface area contributed by atoms with E-state index < -0.39 is 0 Å². The van der Waals surface area contributed by atoms with Gasteiger partial charge in [0.2, 0.25) is 0 Å². The van der Waals surface area contributed by atoms with Crippen LogP contribution < -0.4 is 10.1 Å². The van der Waals surface area contributed by atoms with Gasteiger partial charge in [-0.2, -0.15) is 5.10 Å². The van der Waals surface area contributed by atoms with Crippen LogP contribution in [0.15, 0.2) is 66.4 Å². The van der Waals surface area contributed by atoms with Crippen LogP contribution in [0.1, 0.15) is 35.1 Å². The van der Waals surface area contributed by atoms with Gasteiger partial charge in [-0.3, -0.25) is 5.10 Å². The molecule has 1 aromatic carbocycles. The van der Waals surface area contributed by atoms with Gasteiger partial charge in [-0.05, 0) is 86.2 Å². The van der Waals surface area contributed by atoms with Gasteiger partial charge in [-0.1, -0.05) is 30.4 Å². The normalized spacial score (nSPS) is 12.6. The molecule has 0 aliphatic rings. The summed E-state index contributed by atoms with van der Waals surface area (Å²) in [5.41, 5.74) is 6.50. The van der Waals surface area contributed by atoms with E-state index in [4.69, 9.17) is 4.74 Å². The van der Waals surface area contributed by atoms with Gasteiger partial charge >= 0.3 is 0 Å². The molecule has 32 heavy (non-hydrogen) atoms. The van der Waals surface area contributed by atoms with Crippen molar-refractivity contribution >= 4 is 24.3 Å². The Morgan fingerprint density at radius 1 is 1.16 bits per heavy atom. The highest BCUT2D eigenvalue weighted by Crippen LogP contribution is 2.20. The first-order valence-electron chi connectivity index (χ1n) is 10.8. The summed E-state index contributed by atoms with van der Waals surface area (Å²) in [6.45, 7) is 5.47. The van der Waals surface area contributed by atoms with Crippen LogP contribution in [0, 0.1) is 6.92 Å². The van der Waals surface area contributed by atoms with Crippen LogP contribution in [0.5, 0.6) is 5.75 Å². The molecule has 2 aromatic heterocycles. The summed E-state index contributed by atoms with van der Waals surface area (Å²) in [5.74, 6) is 0.870. The summed E-state index contributed by atoms with van der Waals surface area (Å²) in [5, 5.41) is 10.6. The maximum atomic E-state index is 5.99. The number of nitrogens with one attached hydrogen (secondary N) is 2. The number of ether oxygens (including phenoxy) is 1. The maximum Gasteiger partial charge on any atom is 0.120 e. The fourth-order valence-corrected chi connectivity index (χ4v) is 3.24. The van der Waals surface area contributed by atoms with Crippen molar-refractivity contribution in [3.8, 4) is 5.75 Å². The van der Waals surface area contributed by atoms with Crippen molar-refractivity contribution in [2.24, 2.45) is 7.05 Å². The van der Waals surface area contributed by atoms with E-state index in [-0.39, 0.29) is 0 Å². The first-order chi connectivity index (χ1) is 15.6. The van der Waals surface area contributed by atoms with E-state index in [1.54, 1.807) is 0 Å². The predicted octanol–water partition coefficient (Wildman–Crippen LogP) is 5.50. The molecule has 0 fully saturated rings. The van der Waals surface area contributed by atoms with Crippen LogP contribution >= 0.6 is 0 Å². The smallest absolute Gasteiger partial charge is 0.120 e. The predicted molar refractivity (Wildman–Crippen MR) is 135 cm³/mol. The SMILES string of the molecule is C/C=C\C=C(/CNC)COc1ccc(/C=C/c2cc(/C=C/c3cccn3C)[nH]n2)c(C)c1. The highest BCUT2D eigenvalue weighted by molar-refractivity contribution is 5.72. The van der Waals surface area contributed by atoms with Crippen molar-refractivity contribution in [3.05, 3.63) is 94.6 Å². The van der Waals surface area contributed by atoms with Crippen LogP contribution in [0.3, 0.4) is 0 Å². The number of aromatic nitrogens is 3. The standard InChI is InChI=1S/C27H32N4O/c1-5-6-8-22(19-28-3)20-32-27-15-11-23(21(2)17-27)10-12-24-18-25(30-29-24)13-14-26-9-7-16-31(26)4/h5-18,28H,19-20H2,1-4H3,(H,29,30)/b6-5-,12-10+,14-13+,22-8+. The third-order valence-corrected chi connectivity index (χ3v) is 5.06. The molecular formula is C27H32N4O. The monoisotopic (exact) mass is 428 g/mol. The number of aromatic amines is 1. The van der Waals surface area contributed by atoms with Gasteiger partial charge in [0.15, 0.2) is 0 Å². The second kappa shape index (κ2) is 11.7. The summed E-state index contributed by atoms with van der Waals surface area (Å²) < 4.78 is 8.07. The lowest BCUT2D eigenvalue weighted by Crippen LogP contribution is -2.15. The lowest BCUT2D eigenvalue weighted by Gasteiger charge is -2.11. The highest BCUT2D eigenvalue weighted by atomic mass is 16.5. The minimum Gasteiger partial charge on any atom is -0.489 e. The first-order valence-corrected chi connectivity index (χ1v) is 10.8. The van der Waals surface area contributed by atoms with Crippen LogP contribution in [-0.4, -0.2) is 35.0 Å². The van der Waals surface area contributed by atoms with E-state index in [1.807, 2.05) is 69.7 Å². The Bertz CT molecular complexity index is 1130. The third kappa shape index (κ3) is 6.72. The number of likely N-dealkylation sites (N-methyl/N-ethyl adjacent to an activating group) is 1. The molecule has 0 radical (unpaired) electrons. The molecule has 2 heterocycles. The molecule has 0 saturated heterocycles. The van der Waals surface area contributed by atoms with Crippen molar-refractivity contribution in [2.45, 2.75) is 13.8 Å². The number of benzene rings is 1. The quantitative estimate of drug-likeness (QED) is 0.419. The molecule has 0 atom stereocenters. The van der Waals surface area contributed by atoms with Gasteiger partial charge in [-0.15, -0.1) is 0 Å². The zero-order valence-electron chi connectivity index (χ0n) is 19.3. The van der Waals surface area contributed by atoms with E-state index in [1.165, 1.54) is 5.57 Å². The van der Waals surface area contributed by atoms with Crippen LogP contribution in [0.4, 0.5) is 0 Å². The zero-order valence-corrected chi connectivity index (χ0v) is 19.3. The molecular weight excluding hydrogens is 396 g/mol. The van der Waals surface area contributed by atoms with Crippen molar-refractivity contribution in [1.82, 2.24) is 20.1 Å². The Morgan fingerprint density at radius 3 is 2.75 bits per heavy atom. The summed E-state index contributed by atoms with van der Waals surface area (Å²) in [4.78, 5) is 0.